The first-order valence-electron chi connectivity index (χ1n) is 6.08. The molecule has 0 aliphatic rings. The number of rotatable bonds is 5. The highest BCUT2D eigenvalue weighted by Gasteiger charge is 2.39. The highest BCUT2D eigenvalue weighted by Crippen LogP contribution is 2.43. The topological polar surface area (TPSA) is 91.0 Å². The van der Waals surface area contributed by atoms with E-state index in [1.807, 2.05) is 0 Å². The van der Waals surface area contributed by atoms with Gasteiger partial charge in [-0.25, -0.2) is 0 Å². The Labute approximate surface area is 130 Å². The number of ether oxygens (including phenoxy) is 3. The van der Waals surface area contributed by atoms with Crippen LogP contribution in [0.2, 0.25) is 0 Å². The molecule has 0 spiro atoms. The zero-order valence-corrected chi connectivity index (χ0v) is 13.6. The molecule has 21 heavy (non-hydrogen) atoms. The van der Waals surface area contributed by atoms with Gasteiger partial charge in [0.2, 0.25) is 0 Å². The number of carbonyl (C=O) groups excluding carboxylic acids is 1. The Bertz CT molecular complexity index is 479. The number of carbonyl (C=O) groups is 1. The molecule has 0 aromatic heterocycles. The predicted octanol–water partition coefficient (Wildman–Crippen LogP) is 2.03. The van der Waals surface area contributed by atoms with Gasteiger partial charge in [0.1, 0.15) is 17.2 Å². The Morgan fingerprint density at radius 2 is 1.62 bits per heavy atom. The van der Waals surface area contributed by atoms with Crippen LogP contribution in [0.3, 0.4) is 0 Å². The summed E-state index contributed by atoms with van der Waals surface area (Å²) in [6.45, 7) is 3.35. The number of esters is 1. The maximum atomic E-state index is 11.9. The molecular formula is C14H22ClNO5. The number of methoxy groups -OCH3 is 3. The largest absolute Gasteiger partial charge is 0.508 e. The van der Waals surface area contributed by atoms with Gasteiger partial charge in [-0.1, -0.05) is 0 Å². The number of hydrogen-bond acceptors (Lipinski definition) is 6. The average molecular weight is 320 g/mol. The predicted molar refractivity (Wildman–Crippen MR) is 81.2 cm³/mol. The molecule has 1 aromatic carbocycles. The van der Waals surface area contributed by atoms with Crippen molar-refractivity contribution >= 4 is 18.4 Å². The number of hydrogen-bond donors (Lipinski definition) is 2. The lowest BCUT2D eigenvalue weighted by atomic mass is 9.80. The normalized spacial score (nSPS) is 12.1. The van der Waals surface area contributed by atoms with Crippen molar-refractivity contribution in [3.05, 3.63) is 17.7 Å². The third-order valence-electron chi connectivity index (χ3n) is 3.33. The number of benzene rings is 1. The molecule has 0 saturated heterocycles. The number of halogens is 1. The van der Waals surface area contributed by atoms with Crippen LogP contribution in [0.15, 0.2) is 12.1 Å². The summed E-state index contributed by atoms with van der Waals surface area (Å²) < 4.78 is 15.2. The van der Waals surface area contributed by atoms with E-state index < -0.39 is 17.4 Å². The number of phenolic OH excluding ortho intramolecular Hbond substituents is 1. The van der Waals surface area contributed by atoms with Crippen molar-refractivity contribution in [1.82, 2.24) is 0 Å². The summed E-state index contributed by atoms with van der Waals surface area (Å²) in [5, 5.41) is 9.63. The fourth-order valence-corrected chi connectivity index (χ4v) is 1.98. The van der Waals surface area contributed by atoms with Gasteiger partial charge in [-0.2, -0.15) is 0 Å². The van der Waals surface area contributed by atoms with Gasteiger partial charge in [-0.15, -0.1) is 12.4 Å². The van der Waals surface area contributed by atoms with Gasteiger partial charge < -0.3 is 25.1 Å². The van der Waals surface area contributed by atoms with E-state index in [1.165, 1.54) is 33.5 Å². The minimum Gasteiger partial charge on any atom is -0.508 e. The van der Waals surface area contributed by atoms with Crippen LogP contribution in [0.1, 0.15) is 25.5 Å². The Morgan fingerprint density at radius 3 is 1.95 bits per heavy atom. The minimum absolute atomic E-state index is 0. The summed E-state index contributed by atoms with van der Waals surface area (Å²) in [5.41, 5.74) is 5.73. The molecule has 0 aliphatic heterocycles. The lowest BCUT2D eigenvalue weighted by Gasteiger charge is -2.30. The third kappa shape index (κ3) is 3.71. The molecule has 1 rings (SSSR count). The molecule has 0 aliphatic carbocycles. The number of phenols is 1. The molecular weight excluding hydrogens is 298 g/mol. The zero-order valence-electron chi connectivity index (χ0n) is 12.8. The first kappa shape index (κ1) is 19.3. The van der Waals surface area contributed by atoms with Crippen LogP contribution in [0, 0.1) is 5.41 Å². The Balaban J connectivity index is 0.00000400. The molecule has 0 bridgehead atoms. The van der Waals surface area contributed by atoms with Crippen molar-refractivity contribution in [3.63, 3.8) is 0 Å². The minimum atomic E-state index is -0.980. The van der Waals surface area contributed by atoms with E-state index in [4.69, 9.17) is 19.9 Å². The Kier molecular flexibility index (Phi) is 6.79. The summed E-state index contributed by atoms with van der Waals surface area (Å²) in [6, 6.07) is 2.12. The summed E-state index contributed by atoms with van der Waals surface area (Å²) in [4.78, 5) is 11.9. The quantitative estimate of drug-likeness (QED) is 0.807. The highest BCUT2D eigenvalue weighted by molar-refractivity contribution is 5.85. The molecule has 0 heterocycles. The fraction of sp³-hybridized carbons (Fsp3) is 0.500. The average Bonchev–Trinajstić information content (AvgIpc) is 2.44. The molecule has 0 saturated carbocycles. The van der Waals surface area contributed by atoms with Crippen molar-refractivity contribution in [2.45, 2.75) is 19.9 Å². The van der Waals surface area contributed by atoms with E-state index in [0.29, 0.717) is 17.1 Å². The van der Waals surface area contributed by atoms with E-state index >= 15 is 0 Å². The highest BCUT2D eigenvalue weighted by atomic mass is 35.5. The molecule has 120 valence electrons. The molecule has 1 aromatic rings. The maximum absolute atomic E-state index is 11.9. The van der Waals surface area contributed by atoms with Crippen molar-refractivity contribution in [3.8, 4) is 17.2 Å². The maximum Gasteiger partial charge on any atom is 0.313 e. The van der Waals surface area contributed by atoms with E-state index in [2.05, 4.69) is 0 Å². The SMILES string of the molecule is COC(=O)C(C)(C)[C@H](N)c1c(OC)cc(O)cc1OC.Cl. The first-order valence-corrected chi connectivity index (χ1v) is 6.08. The van der Waals surface area contributed by atoms with Crippen LogP contribution in [0.4, 0.5) is 0 Å². The van der Waals surface area contributed by atoms with Gasteiger partial charge in [0.25, 0.3) is 0 Å². The van der Waals surface area contributed by atoms with Gasteiger partial charge in [-0.05, 0) is 13.8 Å². The molecule has 0 amide bonds. The van der Waals surface area contributed by atoms with Crippen LogP contribution in [0.5, 0.6) is 17.2 Å². The lowest BCUT2D eigenvalue weighted by molar-refractivity contribution is -0.152. The molecule has 3 N–H and O–H groups in total. The van der Waals surface area contributed by atoms with E-state index in [1.54, 1.807) is 13.8 Å². The third-order valence-corrected chi connectivity index (χ3v) is 3.33. The van der Waals surface area contributed by atoms with Gasteiger partial charge >= 0.3 is 5.97 Å². The second-order valence-corrected chi connectivity index (χ2v) is 4.95. The molecule has 0 fully saturated rings. The van der Waals surface area contributed by atoms with Crippen LogP contribution >= 0.6 is 12.4 Å². The Hall–Kier alpha value is -1.66. The number of nitrogens with two attached hydrogens (primary N) is 1. The molecule has 0 radical (unpaired) electrons. The van der Waals surface area contributed by atoms with E-state index in [0.717, 1.165) is 0 Å². The smallest absolute Gasteiger partial charge is 0.313 e. The molecule has 7 heteroatoms. The van der Waals surface area contributed by atoms with Crippen LogP contribution < -0.4 is 15.2 Å². The Morgan fingerprint density at radius 1 is 1.19 bits per heavy atom. The van der Waals surface area contributed by atoms with E-state index in [9.17, 15) is 9.90 Å². The molecule has 1 atom stereocenters. The van der Waals surface area contributed by atoms with Crippen molar-refractivity contribution < 1.29 is 24.1 Å². The summed E-state index contributed by atoms with van der Waals surface area (Å²) in [6.07, 6.45) is 0. The van der Waals surface area contributed by atoms with Gasteiger partial charge in [0, 0.05) is 12.1 Å². The first-order chi connectivity index (χ1) is 9.29. The summed E-state index contributed by atoms with van der Waals surface area (Å²) in [7, 11) is 4.22. The summed E-state index contributed by atoms with van der Waals surface area (Å²) in [5.74, 6) is 0.255. The fourth-order valence-electron chi connectivity index (χ4n) is 1.98. The van der Waals surface area contributed by atoms with Crippen LogP contribution in [0.25, 0.3) is 0 Å². The second kappa shape index (κ2) is 7.38. The standard InChI is InChI=1S/C14H21NO5.ClH/c1-14(2,13(17)20-5)12(15)11-9(18-3)6-8(16)7-10(11)19-4;/h6-7,12,16H,15H2,1-5H3;1H/t12-;/m1./s1. The molecule has 6 nitrogen and oxygen atoms in total. The second-order valence-electron chi connectivity index (χ2n) is 4.95. The zero-order chi connectivity index (χ0) is 15.5. The van der Waals surface area contributed by atoms with E-state index in [-0.39, 0.29) is 18.2 Å². The van der Waals surface area contributed by atoms with Crippen LogP contribution in [-0.4, -0.2) is 32.4 Å². The van der Waals surface area contributed by atoms with Crippen molar-refractivity contribution in [1.29, 1.82) is 0 Å². The molecule has 0 unspecified atom stereocenters. The van der Waals surface area contributed by atoms with Gasteiger partial charge in [-0.3, -0.25) is 4.79 Å². The van der Waals surface area contributed by atoms with Crippen LogP contribution in [-0.2, 0) is 9.53 Å². The summed E-state index contributed by atoms with van der Waals surface area (Å²) >= 11 is 0. The van der Waals surface area contributed by atoms with Gasteiger partial charge in [0.05, 0.1) is 38.3 Å². The number of aromatic hydroxyl groups is 1. The van der Waals surface area contributed by atoms with Crippen molar-refractivity contribution in [2.24, 2.45) is 11.1 Å². The monoisotopic (exact) mass is 319 g/mol. The van der Waals surface area contributed by atoms with Gasteiger partial charge in [0.15, 0.2) is 0 Å². The lowest BCUT2D eigenvalue weighted by Crippen LogP contribution is -2.37. The van der Waals surface area contributed by atoms with Crippen molar-refractivity contribution in [2.75, 3.05) is 21.3 Å².